The lowest BCUT2D eigenvalue weighted by molar-refractivity contribution is 0.893. The smallest absolute Gasteiger partial charge is 0.128 e. The van der Waals surface area contributed by atoms with Crippen molar-refractivity contribution in [2.75, 3.05) is 11.9 Å². The molecule has 0 radical (unpaired) electrons. The van der Waals surface area contributed by atoms with E-state index in [9.17, 15) is 0 Å². The van der Waals surface area contributed by atoms with E-state index in [1.807, 2.05) is 37.4 Å². The first-order valence-corrected chi connectivity index (χ1v) is 6.97. The van der Waals surface area contributed by atoms with Crippen molar-refractivity contribution in [1.29, 1.82) is 0 Å². The maximum absolute atomic E-state index is 6.21. The Hall–Kier alpha value is -1.78. The first-order valence-electron chi connectivity index (χ1n) is 6.22. The number of pyridine rings is 1. The van der Waals surface area contributed by atoms with Gasteiger partial charge in [0, 0.05) is 29.2 Å². The van der Waals surface area contributed by atoms with E-state index < -0.39 is 0 Å². The van der Waals surface area contributed by atoms with Crippen molar-refractivity contribution in [3.8, 4) is 5.69 Å². The van der Waals surface area contributed by atoms with Gasteiger partial charge < -0.3 is 5.32 Å². The highest BCUT2D eigenvalue weighted by molar-refractivity contribution is 6.32. The molecule has 3 rings (SSSR count). The predicted molar refractivity (Wildman–Crippen MR) is 83.0 cm³/mol. The number of hydrogen-bond donors (Lipinski definition) is 1. The number of aromatic nitrogens is 3. The van der Waals surface area contributed by atoms with Crippen LogP contribution in [-0.2, 0) is 0 Å². The highest BCUT2D eigenvalue weighted by atomic mass is 35.5. The number of benzene rings is 1. The second-order valence-corrected chi connectivity index (χ2v) is 5.17. The highest BCUT2D eigenvalue weighted by Crippen LogP contribution is 2.25. The van der Waals surface area contributed by atoms with E-state index in [2.05, 4.69) is 15.4 Å². The van der Waals surface area contributed by atoms with Crippen molar-refractivity contribution in [2.45, 2.75) is 6.92 Å². The van der Waals surface area contributed by atoms with Crippen molar-refractivity contribution in [1.82, 2.24) is 14.8 Å². The van der Waals surface area contributed by atoms with Crippen LogP contribution in [0.2, 0.25) is 10.0 Å². The maximum atomic E-state index is 6.21. The van der Waals surface area contributed by atoms with E-state index in [0.717, 1.165) is 29.0 Å². The van der Waals surface area contributed by atoms with Crippen LogP contribution in [0.4, 0.5) is 5.82 Å². The lowest BCUT2D eigenvalue weighted by Gasteiger charge is -2.07. The monoisotopic (exact) mass is 306 g/mol. The minimum absolute atomic E-state index is 0.547. The molecule has 3 aromatic rings. The Bertz CT molecular complexity index is 767. The molecule has 0 amide bonds. The minimum atomic E-state index is 0.547. The van der Waals surface area contributed by atoms with Gasteiger partial charge in [-0.3, -0.25) is 0 Å². The standard InChI is InChI=1S/C14H12Cl2N4/c1-2-17-14-6-13(11(16)7-18-14)20-8-9-5-10(15)3-4-12(9)19-20/h3-8H,2H2,1H3,(H,17,18). The van der Waals surface area contributed by atoms with E-state index in [0.29, 0.717) is 10.0 Å². The van der Waals surface area contributed by atoms with Gasteiger partial charge >= 0.3 is 0 Å². The molecule has 1 aromatic carbocycles. The average Bonchev–Trinajstić information content (AvgIpc) is 2.84. The summed E-state index contributed by atoms with van der Waals surface area (Å²) >= 11 is 12.2. The van der Waals surface area contributed by atoms with Crippen LogP contribution in [0.1, 0.15) is 6.92 Å². The molecule has 0 saturated heterocycles. The van der Waals surface area contributed by atoms with Gasteiger partial charge in [0.15, 0.2) is 0 Å². The number of hydrogen-bond acceptors (Lipinski definition) is 3. The summed E-state index contributed by atoms with van der Waals surface area (Å²) in [5.74, 6) is 0.768. The molecule has 0 fully saturated rings. The number of nitrogens with zero attached hydrogens (tertiary/aromatic N) is 3. The quantitative estimate of drug-likeness (QED) is 0.790. The molecule has 0 atom stereocenters. The van der Waals surface area contributed by atoms with Crippen LogP contribution < -0.4 is 5.32 Å². The molecule has 0 aliphatic rings. The summed E-state index contributed by atoms with van der Waals surface area (Å²) in [6.45, 7) is 2.81. The molecule has 4 nitrogen and oxygen atoms in total. The molecule has 0 bridgehead atoms. The van der Waals surface area contributed by atoms with Crippen molar-refractivity contribution in [3.63, 3.8) is 0 Å². The average molecular weight is 307 g/mol. The summed E-state index contributed by atoms with van der Waals surface area (Å²) in [4.78, 5) is 4.22. The molecular weight excluding hydrogens is 295 g/mol. The molecule has 0 aliphatic heterocycles. The van der Waals surface area contributed by atoms with Gasteiger partial charge in [0.2, 0.25) is 0 Å². The molecule has 2 aromatic heterocycles. The Morgan fingerprint density at radius 3 is 2.90 bits per heavy atom. The third-order valence-corrected chi connectivity index (χ3v) is 3.43. The van der Waals surface area contributed by atoms with Crippen LogP contribution in [0.3, 0.4) is 0 Å². The van der Waals surface area contributed by atoms with Gasteiger partial charge in [-0.1, -0.05) is 23.2 Å². The fraction of sp³-hybridized carbons (Fsp3) is 0.143. The van der Waals surface area contributed by atoms with Gasteiger partial charge in [0.1, 0.15) is 5.82 Å². The largest absolute Gasteiger partial charge is 0.370 e. The third kappa shape index (κ3) is 2.44. The number of rotatable bonds is 3. The molecule has 6 heteroatoms. The Morgan fingerprint density at radius 1 is 1.25 bits per heavy atom. The first-order chi connectivity index (χ1) is 9.67. The zero-order valence-corrected chi connectivity index (χ0v) is 12.3. The number of halogens is 2. The van der Waals surface area contributed by atoms with Crippen LogP contribution in [-0.4, -0.2) is 21.3 Å². The van der Waals surface area contributed by atoms with E-state index in [-0.39, 0.29) is 0 Å². The summed E-state index contributed by atoms with van der Waals surface area (Å²) in [6.07, 6.45) is 3.52. The zero-order valence-electron chi connectivity index (χ0n) is 10.8. The summed E-state index contributed by atoms with van der Waals surface area (Å²) in [6, 6.07) is 7.45. The lowest BCUT2D eigenvalue weighted by Crippen LogP contribution is -2.02. The first kappa shape index (κ1) is 13.2. The van der Waals surface area contributed by atoms with E-state index in [1.165, 1.54) is 0 Å². The minimum Gasteiger partial charge on any atom is -0.370 e. The van der Waals surface area contributed by atoms with Crippen LogP contribution in [0, 0.1) is 0 Å². The summed E-state index contributed by atoms with van der Waals surface area (Å²) in [5.41, 5.74) is 1.65. The maximum Gasteiger partial charge on any atom is 0.128 e. The second-order valence-electron chi connectivity index (χ2n) is 4.33. The fourth-order valence-corrected chi connectivity index (χ4v) is 2.37. The molecule has 20 heavy (non-hydrogen) atoms. The number of fused-ring (bicyclic) bond motifs is 1. The van der Waals surface area contributed by atoms with Gasteiger partial charge in [-0.15, -0.1) is 0 Å². The van der Waals surface area contributed by atoms with Crippen molar-refractivity contribution < 1.29 is 0 Å². The second kappa shape index (κ2) is 5.31. The lowest BCUT2D eigenvalue weighted by atomic mass is 10.3. The van der Waals surface area contributed by atoms with Crippen molar-refractivity contribution in [2.24, 2.45) is 0 Å². The van der Waals surface area contributed by atoms with Crippen LogP contribution >= 0.6 is 23.2 Å². The topological polar surface area (TPSA) is 42.7 Å². The molecule has 0 spiro atoms. The van der Waals surface area contributed by atoms with Gasteiger partial charge in [-0.25, -0.2) is 9.67 Å². The molecule has 0 unspecified atom stereocenters. The van der Waals surface area contributed by atoms with Gasteiger partial charge in [0.05, 0.1) is 22.4 Å². The Labute approximate surface area is 126 Å². The fourth-order valence-electron chi connectivity index (χ4n) is 2.00. The van der Waals surface area contributed by atoms with E-state index >= 15 is 0 Å². The van der Waals surface area contributed by atoms with Gasteiger partial charge in [-0.05, 0) is 25.1 Å². The molecular formula is C14H12Cl2N4. The zero-order chi connectivity index (χ0) is 14.1. The highest BCUT2D eigenvalue weighted by Gasteiger charge is 2.08. The van der Waals surface area contributed by atoms with E-state index in [4.69, 9.17) is 23.2 Å². The van der Waals surface area contributed by atoms with E-state index in [1.54, 1.807) is 10.9 Å². The predicted octanol–water partition coefficient (Wildman–Crippen LogP) is 4.16. The Balaban J connectivity index is 2.12. The van der Waals surface area contributed by atoms with Gasteiger partial charge in [0.25, 0.3) is 0 Å². The molecule has 0 aliphatic carbocycles. The number of anilines is 1. The van der Waals surface area contributed by atoms with Crippen molar-refractivity contribution >= 4 is 39.9 Å². The molecule has 0 saturated carbocycles. The summed E-state index contributed by atoms with van der Waals surface area (Å²) in [5, 5.41) is 9.86. The summed E-state index contributed by atoms with van der Waals surface area (Å²) in [7, 11) is 0. The Morgan fingerprint density at radius 2 is 2.10 bits per heavy atom. The molecule has 102 valence electrons. The summed E-state index contributed by atoms with van der Waals surface area (Å²) < 4.78 is 1.74. The van der Waals surface area contributed by atoms with Gasteiger partial charge in [-0.2, -0.15) is 5.10 Å². The molecule has 2 heterocycles. The van der Waals surface area contributed by atoms with Crippen molar-refractivity contribution in [3.05, 3.63) is 46.7 Å². The normalized spacial score (nSPS) is 10.9. The third-order valence-electron chi connectivity index (χ3n) is 2.91. The molecule has 1 N–H and O–H groups in total. The van der Waals surface area contributed by atoms with Crippen LogP contribution in [0.25, 0.3) is 16.6 Å². The number of nitrogens with one attached hydrogen (secondary N) is 1. The van der Waals surface area contributed by atoms with Crippen LogP contribution in [0.5, 0.6) is 0 Å². The Kier molecular flexibility index (Phi) is 3.51. The van der Waals surface area contributed by atoms with Crippen LogP contribution in [0.15, 0.2) is 36.7 Å². The SMILES string of the molecule is CCNc1cc(-n2cc3cc(Cl)ccc3n2)c(Cl)cn1.